The minimum Gasteiger partial charge on any atom is -0.343 e. The second-order valence-electron chi connectivity index (χ2n) is 3.62. The number of rotatable bonds is 4. The maximum absolute atomic E-state index is 4.67. The van der Waals surface area contributed by atoms with Gasteiger partial charge in [0, 0.05) is 10.9 Å². The monoisotopic (exact) mass is 238 g/mol. The molecule has 1 unspecified atom stereocenters. The molecule has 1 atom stereocenters. The number of nitrogens with one attached hydrogen (secondary N) is 1. The second kappa shape index (κ2) is 4.71. The number of hydrogen-bond acceptors (Lipinski definition) is 6. The van der Waals surface area contributed by atoms with E-state index in [4.69, 9.17) is 0 Å². The molecule has 0 aliphatic heterocycles. The van der Waals surface area contributed by atoms with Crippen LogP contribution in [0.25, 0.3) is 0 Å². The van der Waals surface area contributed by atoms with Crippen molar-refractivity contribution in [1.29, 1.82) is 0 Å². The molecular weight excluding hydrogens is 224 g/mol. The molecule has 0 aliphatic carbocycles. The van der Waals surface area contributed by atoms with Crippen molar-refractivity contribution in [1.82, 2.24) is 20.4 Å². The summed E-state index contributed by atoms with van der Waals surface area (Å²) in [6, 6.07) is 0.198. The summed E-state index contributed by atoms with van der Waals surface area (Å²) in [5, 5.41) is 8.16. The summed E-state index contributed by atoms with van der Waals surface area (Å²) in [6.45, 7) is 6.79. The first-order chi connectivity index (χ1) is 7.66. The van der Waals surface area contributed by atoms with E-state index in [0.717, 1.165) is 10.7 Å². The van der Waals surface area contributed by atoms with Crippen molar-refractivity contribution in [3.63, 3.8) is 0 Å². The van der Waals surface area contributed by atoms with Gasteiger partial charge in [0.15, 0.2) is 5.82 Å². The van der Waals surface area contributed by atoms with E-state index in [1.807, 2.05) is 6.92 Å². The van der Waals surface area contributed by atoms with Crippen LogP contribution in [0.3, 0.4) is 0 Å². The molecule has 6 heteroatoms. The molecule has 2 heterocycles. The Morgan fingerprint density at radius 2 is 2.31 bits per heavy atom. The molecule has 0 amide bonds. The topological polar surface area (TPSA) is 63.8 Å². The average molecular weight is 238 g/mol. The molecule has 0 aliphatic rings. The smallest absolute Gasteiger partial charge is 0.213 e. The van der Waals surface area contributed by atoms with Gasteiger partial charge in [0.05, 0.1) is 17.2 Å². The number of aromatic nitrogens is 3. The van der Waals surface area contributed by atoms with Crippen LogP contribution in [0.1, 0.15) is 34.4 Å². The third-order valence-corrected chi connectivity index (χ3v) is 3.22. The van der Waals surface area contributed by atoms with Gasteiger partial charge in [-0.3, -0.25) is 0 Å². The minimum absolute atomic E-state index is 0.198. The molecule has 0 saturated heterocycles. The molecule has 16 heavy (non-hydrogen) atoms. The Morgan fingerprint density at radius 1 is 1.50 bits per heavy atom. The zero-order valence-electron chi connectivity index (χ0n) is 9.52. The Morgan fingerprint density at radius 3 is 2.88 bits per heavy atom. The van der Waals surface area contributed by atoms with E-state index >= 15 is 0 Å². The molecule has 5 nitrogen and oxygen atoms in total. The molecule has 0 spiro atoms. The van der Waals surface area contributed by atoms with Crippen molar-refractivity contribution in [2.75, 3.05) is 0 Å². The van der Waals surface area contributed by atoms with Gasteiger partial charge < -0.3 is 9.84 Å². The van der Waals surface area contributed by atoms with Gasteiger partial charge in [0.2, 0.25) is 6.39 Å². The molecule has 0 saturated carbocycles. The minimum atomic E-state index is 0.198. The van der Waals surface area contributed by atoms with Gasteiger partial charge in [0.25, 0.3) is 0 Å². The third kappa shape index (κ3) is 2.45. The van der Waals surface area contributed by atoms with Gasteiger partial charge in [-0.15, -0.1) is 11.3 Å². The second-order valence-corrected chi connectivity index (χ2v) is 5.03. The van der Waals surface area contributed by atoms with E-state index in [0.29, 0.717) is 12.4 Å². The molecule has 86 valence electrons. The normalized spacial score (nSPS) is 12.9. The molecule has 0 fully saturated rings. The van der Waals surface area contributed by atoms with Gasteiger partial charge in [-0.05, 0) is 20.8 Å². The van der Waals surface area contributed by atoms with Crippen molar-refractivity contribution >= 4 is 11.3 Å². The SMILES string of the molecule is Cc1nc(C(C)NCc2ncon2)c(C)s1. The molecular formula is C10H14N4OS. The van der Waals surface area contributed by atoms with Crippen molar-refractivity contribution < 1.29 is 4.52 Å². The molecule has 0 radical (unpaired) electrons. The molecule has 2 aromatic heterocycles. The van der Waals surface area contributed by atoms with E-state index in [-0.39, 0.29) is 6.04 Å². The van der Waals surface area contributed by atoms with Crippen LogP contribution in [-0.4, -0.2) is 15.1 Å². The van der Waals surface area contributed by atoms with Gasteiger partial charge in [-0.2, -0.15) is 4.98 Å². The largest absolute Gasteiger partial charge is 0.343 e. The van der Waals surface area contributed by atoms with E-state index < -0.39 is 0 Å². The lowest BCUT2D eigenvalue weighted by Crippen LogP contribution is -2.19. The maximum atomic E-state index is 4.67. The Kier molecular flexibility index (Phi) is 3.31. The highest BCUT2D eigenvalue weighted by atomic mass is 32.1. The maximum Gasteiger partial charge on any atom is 0.213 e. The summed E-state index contributed by atoms with van der Waals surface area (Å²) in [6.07, 6.45) is 1.33. The Hall–Kier alpha value is -1.27. The lowest BCUT2D eigenvalue weighted by Gasteiger charge is -2.10. The summed E-state index contributed by atoms with van der Waals surface area (Å²) in [5.74, 6) is 0.663. The quantitative estimate of drug-likeness (QED) is 0.882. The van der Waals surface area contributed by atoms with Gasteiger partial charge in [-0.25, -0.2) is 4.98 Å². The first-order valence-electron chi connectivity index (χ1n) is 5.09. The van der Waals surface area contributed by atoms with Gasteiger partial charge in [0.1, 0.15) is 0 Å². The van der Waals surface area contributed by atoms with Gasteiger partial charge in [-0.1, -0.05) is 5.16 Å². The Balaban J connectivity index is 1.98. The molecule has 2 rings (SSSR count). The fourth-order valence-electron chi connectivity index (χ4n) is 1.56. The molecule has 0 aromatic carbocycles. The van der Waals surface area contributed by atoms with Gasteiger partial charge >= 0.3 is 0 Å². The summed E-state index contributed by atoms with van der Waals surface area (Å²) in [7, 11) is 0. The number of nitrogens with zero attached hydrogens (tertiary/aromatic N) is 3. The lowest BCUT2D eigenvalue weighted by molar-refractivity contribution is 0.404. The van der Waals surface area contributed by atoms with Crippen LogP contribution in [-0.2, 0) is 6.54 Å². The van der Waals surface area contributed by atoms with E-state index in [1.165, 1.54) is 11.3 Å². The fraction of sp³-hybridized carbons (Fsp3) is 0.500. The van der Waals surface area contributed by atoms with Crippen molar-refractivity contribution in [2.45, 2.75) is 33.4 Å². The average Bonchev–Trinajstić information content (AvgIpc) is 2.84. The zero-order valence-corrected chi connectivity index (χ0v) is 10.3. The highest BCUT2D eigenvalue weighted by molar-refractivity contribution is 7.11. The van der Waals surface area contributed by atoms with Crippen molar-refractivity contribution in [2.24, 2.45) is 0 Å². The Labute approximate surface area is 97.9 Å². The standard InChI is InChI=1S/C10H14N4OS/c1-6(10-7(2)16-8(3)13-10)11-4-9-12-5-15-14-9/h5-6,11H,4H2,1-3H3. The third-order valence-electron chi connectivity index (χ3n) is 2.32. The predicted molar refractivity (Wildman–Crippen MR) is 61.1 cm³/mol. The van der Waals surface area contributed by atoms with E-state index in [9.17, 15) is 0 Å². The highest BCUT2D eigenvalue weighted by Crippen LogP contribution is 2.22. The number of aryl methyl sites for hydroxylation is 2. The summed E-state index contributed by atoms with van der Waals surface area (Å²) in [5.41, 5.74) is 1.10. The van der Waals surface area contributed by atoms with Crippen LogP contribution >= 0.6 is 11.3 Å². The highest BCUT2D eigenvalue weighted by Gasteiger charge is 2.13. The first kappa shape index (κ1) is 11.2. The summed E-state index contributed by atoms with van der Waals surface area (Å²) in [4.78, 5) is 9.71. The van der Waals surface area contributed by atoms with Crippen molar-refractivity contribution in [3.8, 4) is 0 Å². The van der Waals surface area contributed by atoms with Crippen LogP contribution in [0, 0.1) is 13.8 Å². The van der Waals surface area contributed by atoms with Crippen LogP contribution in [0.2, 0.25) is 0 Å². The predicted octanol–water partition coefficient (Wildman–Crippen LogP) is 1.99. The van der Waals surface area contributed by atoms with Crippen molar-refractivity contribution in [3.05, 3.63) is 27.8 Å². The summed E-state index contributed by atoms with van der Waals surface area (Å²) < 4.78 is 4.67. The van der Waals surface area contributed by atoms with Crippen LogP contribution in [0.4, 0.5) is 0 Å². The molecule has 1 N–H and O–H groups in total. The fourth-order valence-corrected chi connectivity index (χ4v) is 2.47. The van der Waals surface area contributed by atoms with E-state index in [2.05, 4.69) is 38.8 Å². The number of hydrogen-bond donors (Lipinski definition) is 1. The summed E-state index contributed by atoms with van der Waals surface area (Å²) >= 11 is 1.72. The number of thiazole rings is 1. The van der Waals surface area contributed by atoms with E-state index in [1.54, 1.807) is 11.3 Å². The van der Waals surface area contributed by atoms with Crippen LogP contribution < -0.4 is 5.32 Å². The van der Waals surface area contributed by atoms with Crippen LogP contribution in [0.15, 0.2) is 10.9 Å². The lowest BCUT2D eigenvalue weighted by atomic mass is 10.2. The molecule has 0 bridgehead atoms. The zero-order chi connectivity index (χ0) is 11.5. The molecule has 2 aromatic rings. The van der Waals surface area contributed by atoms with Crippen LogP contribution in [0.5, 0.6) is 0 Å². The Bertz CT molecular complexity index is 451. The first-order valence-corrected chi connectivity index (χ1v) is 5.91.